The molecule has 0 saturated carbocycles. The SMILES string of the molecule is COc1ccc2c(c1)N=C=Nc1cc(C)ccc1OCC1(COc3ccc(C)cc3N=C=Nc3cc(OC)ccc3OC1)CO2. The summed E-state index contributed by atoms with van der Waals surface area (Å²) in [6.07, 6.45) is 0. The molecule has 2 aliphatic rings. The van der Waals surface area contributed by atoms with Crippen LogP contribution in [-0.2, 0) is 0 Å². The lowest BCUT2D eigenvalue weighted by atomic mass is 9.91. The molecule has 45 heavy (non-hydrogen) atoms. The van der Waals surface area contributed by atoms with Crippen LogP contribution in [0.5, 0.6) is 34.5 Å². The minimum Gasteiger partial charge on any atom is -0.497 e. The van der Waals surface area contributed by atoms with Crippen LogP contribution in [0.4, 0.5) is 22.7 Å². The lowest BCUT2D eigenvalue weighted by Crippen LogP contribution is -2.45. The summed E-state index contributed by atoms with van der Waals surface area (Å²) < 4.78 is 36.8. The molecule has 0 unspecified atom stereocenters. The molecule has 0 fully saturated rings. The molecule has 0 radical (unpaired) electrons. The van der Waals surface area contributed by atoms with Crippen molar-refractivity contribution in [1.82, 2.24) is 0 Å². The highest BCUT2D eigenvalue weighted by Crippen LogP contribution is 2.38. The third kappa shape index (κ3) is 6.83. The average molecular weight is 605 g/mol. The maximum atomic E-state index is 6.47. The topological polar surface area (TPSA) is 105 Å². The Hall–Kier alpha value is -5.56. The first-order valence-electron chi connectivity index (χ1n) is 14.4. The van der Waals surface area contributed by atoms with E-state index in [0.29, 0.717) is 57.2 Å². The van der Waals surface area contributed by atoms with Crippen molar-refractivity contribution in [3.63, 3.8) is 0 Å². The van der Waals surface area contributed by atoms with Crippen LogP contribution < -0.4 is 28.4 Å². The number of aliphatic imine (C=N–C) groups is 4. The fraction of sp³-hybridized carbons (Fsp3) is 0.257. The molecule has 0 atom stereocenters. The van der Waals surface area contributed by atoms with E-state index in [4.69, 9.17) is 28.4 Å². The van der Waals surface area contributed by atoms with Gasteiger partial charge in [0.2, 0.25) is 0 Å². The number of nitrogens with zero attached hydrogens (tertiary/aromatic N) is 4. The van der Waals surface area contributed by atoms with E-state index in [0.717, 1.165) is 11.1 Å². The molecule has 1 spiro atoms. The Kier molecular flexibility index (Phi) is 8.51. The number of ether oxygens (including phenoxy) is 6. The Bertz CT molecular complexity index is 1720. The van der Waals surface area contributed by atoms with E-state index in [1.165, 1.54) is 0 Å². The van der Waals surface area contributed by atoms with Gasteiger partial charge in [0.05, 0.1) is 14.2 Å². The predicted molar refractivity (Wildman–Crippen MR) is 171 cm³/mol. The first-order chi connectivity index (χ1) is 21.9. The van der Waals surface area contributed by atoms with Crippen molar-refractivity contribution in [1.29, 1.82) is 0 Å². The van der Waals surface area contributed by atoms with E-state index in [9.17, 15) is 0 Å². The smallest absolute Gasteiger partial charge is 0.146 e. The second-order valence-corrected chi connectivity index (χ2v) is 10.9. The number of hydrogen-bond donors (Lipinski definition) is 0. The maximum absolute atomic E-state index is 6.47. The maximum Gasteiger partial charge on any atom is 0.146 e. The van der Waals surface area contributed by atoms with Crippen molar-refractivity contribution in [2.75, 3.05) is 40.6 Å². The second kappa shape index (κ2) is 13.0. The third-order valence-electron chi connectivity index (χ3n) is 7.38. The van der Waals surface area contributed by atoms with Gasteiger partial charge in [-0.1, -0.05) is 12.1 Å². The quantitative estimate of drug-likeness (QED) is 0.231. The number of methoxy groups -OCH3 is 2. The number of fused-ring (bicyclic) bond motifs is 4. The van der Waals surface area contributed by atoms with Crippen molar-refractivity contribution < 1.29 is 28.4 Å². The number of benzene rings is 4. The van der Waals surface area contributed by atoms with Gasteiger partial charge in [-0.3, -0.25) is 0 Å². The zero-order chi connectivity index (χ0) is 31.2. The number of hydrogen-bond acceptors (Lipinski definition) is 10. The Morgan fingerprint density at radius 2 is 0.844 bits per heavy atom. The molecule has 2 aliphatic heterocycles. The van der Waals surface area contributed by atoms with Crippen LogP contribution in [0.25, 0.3) is 0 Å². The lowest BCUT2D eigenvalue weighted by Gasteiger charge is -2.33. The van der Waals surface area contributed by atoms with Gasteiger partial charge in [0.25, 0.3) is 0 Å². The Balaban J connectivity index is 1.47. The van der Waals surface area contributed by atoms with Crippen LogP contribution in [0.3, 0.4) is 0 Å². The summed E-state index contributed by atoms with van der Waals surface area (Å²) in [5.74, 6) is 3.42. The van der Waals surface area contributed by atoms with Crippen LogP contribution in [0.2, 0.25) is 0 Å². The normalized spacial score (nSPS) is 17.2. The van der Waals surface area contributed by atoms with Crippen molar-refractivity contribution in [2.45, 2.75) is 13.8 Å². The minimum atomic E-state index is -0.849. The van der Waals surface area contributed by atoms with Gasteiger partial charge in [-0.25, -0.2) is 0 Å². The van der Waals surface area contributed by atoms with E-state index in [1.807, 2.05) is 62.4 Å². The van der Waals surface area contributed by atoms with Crippen molar-refractivity contribution >= 4 is 34.8 Å². The molecule has 228 valence electrons. The molecule has 0 amide bonds. The van der Waals surface area contributed by atoms with Crippen LogP contribution >= 0.6 is 0 Å². The fourth-order valence-electron chi connectivity index (χ4n) is 4.78. The summed E-state index contributed by atoms with van der Waals surface area (Å²) in [6, 6.07) is 27.9. The van der Waals surface area contributed by atoms with E-state index in [2.05, 4.69) is 32.0 Å². The van der Waals surface area contributed by atoms with Gasteiger partial charge < -0.3 is 28.4 Å². The first-order valence-corrected chi connectivity index (χ1v) is 14.4. The first kappa shape index (κ1) is 29.5. The van der Waals surface area contributed by atoms with Gasteiger partial charge in [-0.15, -0.1) is 0 Å². The number of aryl methyl sites for hydroxylation is 2. The average Bonchev–Trinajstić information content (AvgIpc) is 3.04. The lowest BCUT2D eigenvalue weighted by molar-refractivity contribution is -0.00298. The third-order valence-corrected chi connectivity index (χ3v) is 7.38. The van der Waals surface area contributed by atoms with Gasteiger partial charge in [0.1, 0.15) is 101 Å². The van der Waals surface area contributed by atoms with Crippen LogP contribution in [-0.4, -0.2) is 52.7 Å². The molecule has 0 aromatic heterocycles. The van der Waals surface area contributed by atoms with E-state index < -0.39 is 5.41 Å². The minimum absolute atomic E-state index is 0.152. The van der Waals surface area contributed by atoms with Gasteiger partial charge >= 0.3 is 0 Å². The molecule has 6 rings (SSSR count). The molecular weight excluding hydrogens is 572 g/mol. The summed E-state index contributed by atoms with van der Waals surface area (Å²) in [7, 11) is 3.20. The molecular formula is C35H32N4O6. The molecule has 2 heterocycles. The van der Waals surface area contributed by atoms with Crippen LogP contribution in [0.1, 0.15) is 11.1 Å². The molecule has 4 aromatic rings. The molecule has 0 aliphatic carbocycles. The highest BCUT2D eigenvalue weighted by atomic mass is 16.5. The van der Waals surface area contributed by atoms with Gasteiger partial charge in [-0.05, 0) is 73.5 Å². The number of rotatable bonds is 2. The summed E-state index contributed by atoms with van der Waals surface area (Å²) in [5, 5.41) is 0. The molecule has 0 N–H and O–H groups in total. The van der Waals surface area contributed by atoms with E-state index in [-0.39, 0.29) is 26.4 Å². The monoisotopic (exact) mass is 604 g/mol. The summed E-state index contributed by atoms with van der Waals surface area (Å²) in [4.78, 5) is 17.9. The van der Waals surface area contributed by atoms with Crippen LogP contribution in [0.15, 0.2) is 92.8 Å². The molecule has 4 aromatic carbocycles. The molecule has 10 heteroatoms. The molecule has 0 saturated heterocycles. The van der Waals surface area contributed by atoms with Crippen molar-refractivity contribution in [3.8, 4) is 34.5 Å². The van der Waals surface area contributed by atoms with Crippen LogP contribution in [0, 0.1) is 19.3 Å². The standard InChI is InChI=1S/C35H32N4O6/c1-23-5-9-31-27(13-23)36-21-38-29-15-25(40-3)7-11-33(29)44-19-35(17-42-31)18-43-32-10-6-24(2)14-28(32)37-22-39-30-16-26(41-4)8-12-34(30)45-20-35/h5-16H,17-20H2,1-4H3. The zero-order valence-electron chi connectivity index (χ0n) is 25.5. The van der Waals surface area contributed by atoms with Gasteiger partial charge in [0.15, 0.2) is 0 Å². The fourth-order valence-corrected chi connectivity index (χ4v) is 4.78. The molecule has 10 nitrogen and oxygen atoms in total. The summed E-state index contributed by atoms with van der Waals surface area (Å²) in [6.45, 7) is 4.62. The zero-order valence-corrected chi connectivity index (χ0v) is 25.5. The summed E-state index contributed by atoms with van der Waals surface area (Å²) >= 11 is 0. The van der Waals surface area contributed by atoms with Gasteiger partial charge in [0, 0.05) is 12.1 Å². The molecule has 0 bridgehead atoms. The summed E-state index contributed by atoms with van der Waals surface area (Å²) in [5.41, 5.74) is 3.41. The highest BCUT2D eigenvalue weighted by molar-refractivity contribution is 5.67. The Morgan fingerprint density at radius 1 is 0.511 bits per heavy atom. The van der Waals surface area contributed by atoms with Gasteiger partial charge in [-0.2, -0.15) is 20.0 Å². The highest BCUT2D eigenvalue weighted by Gasteiger charge is 2.37. The van der Waals surface area contributed by atoms with Crippen molar-refractivity contribution in [2.24, 2.45) is 25.4 Å². The van der Waals surface area contributed by atoms with E-state index >= 15 is 0 Å². The Labute approximate surface area is 261 Å². The van der Waals surface area contributed by atoms with E-state index in [1.54, 1.807) is 38.5 Å². The predicted octanol–water partition coefficient (Wildman–Crippen LogP) is 7.82. The second-order valence-electron chi connectivity index (χ2n) is 10.9. The Morgan fingerprint density at radius 3 is 1.20 bits per heavy atom. The van der Waals surface area contributed by atoms with Crippen molar-refractivity contribution in [3.05, 3.63) is 83.9 Å². The largest absolute Gasteiger partial charge is 0.497 e.